The first kappa shape index (κ1) is 21.5. The molecule has 7 nitrogen and oxygen atoms in total. The van der Waals surface area contributed by atoms with Gasteiger partial charge in [0.2, 0.25) is 0 Å². The van der Waals surface area contributed by atoms with Gasteiger partial charge < -0.3 is 14.6 Å². The molecular weight excluding hydrogens is 428 g/mol. The maximum Gasteiger partial charge on any atom is 0.296 e. The van der Waals surface area contributed by atoms with Gasteiger partial charge in [-0.2, -0.15) is 9.78 Å². The molecule has 0 fully saturated rings. The normalized spacial score (nSPS) is 11.1. The molecule has 0 saturated heterocycles. The minimum atomic E-state index is -0.378. The van der Waals surface area contributed by atoms with Crippen molar-refractivity contribution in [1.82, 2.24) is 14.3 Å². The Hall–Kier alpha value is -4.39. The molecule has 5 rings (SSSR count). The number of aromatic nitrogens is 3. The molecule has 0 spiro atoms. The molecule has 2 aromatic heterocycles. The first-order valence-corrected chi connectivity index (χ1v) is 11.1. The quantitative estimate of drug-likeness (QED) is 0.419. The SMILES string of the molecule is CCc1cccc(NC(=O)c2nn(-c3ccc(OC)cc3)c(=O)c3c2c2ccccc2n3C)c1. The van der Waals surface area contributed by atoms with E-state index in [4.69, 9.17) is 4.74 Å². The number of carbonyl (C=O) groups excluding carboxylic acids is 1. The van der Waals surface area contributed by atoms with Gasteiger partial charge in [-0.15, -0.1) is 0 Å². The summed E-state index contributed by atoms with van der Waals surface area (Å²) in [4.78, 5) is 27.2. The lowest BCUT2D eigenvalue weighted by molar-refractivity contribution is 0.102. The molecule has 1 N–H and O–H groups in total. The van der Waals surface area contributed by atoms with Crippen LogP contribution in [-0.4, -0.2) is 27.4 Å². The number of para-hydroxylation sites is 1. The molecule has 34 heavy (non-hydrogen) atoms. The van der Waals surface area contributed by atoms with Crippen LogP contribution in [0, 0.1) is 0 Å². The Morgan fingerprint density at radius 3 is 2.53 bits per heavy atom. The fraction of sp³-hybridized carbons (Fsp3) is 0.148. The fourth-order valence-corrected chi connectivity index (χ4v) is 4.30. The molecule has 0 aliphatic rings. The Balaban J connectivity index is 1.76. The maximum atomic E-state index is 13.6. The molecule has 2 heterocycles. The minimum Gasteiger partial charge on any atom is -0.497 e. The average Bonchev–Trinajstić information content (AvgIpc) is 3.17. The van der Waals surface area contributed by atoms with Crippen molar-refractivity contribution in [3.05, 3.63) is 94.4 Å². The number of aryl methyl sites for hydroxylation is 2. The third-order valence-corrected chi connectivity index (χ3v) is 6.06. The highest BCUT2D eigenvalue weighted by molar-refractivity contribution is 6.19. The second kappa shape index (κ2) is 8.51. The average molecular weight is 453 g/mol. The number of amides is 1. The van der Waals surface area contributed by atoms with Crippen molar-refractivity contribution >= 4 is 33.4 Å². The molecule has 170 valence electrons. The van der Waals surface area contributed by atoms with Crippen LogP contribution in [0.3, 0.4) is 0 Å². The molecule has 0 unspecified atom stereocenters. The van der Waals surface area contributed by atoms with Crippen LogP contribution in [0.2, 0.25) is 0 Å². The minimum absolute atomic E-state index is 0.184. The zero-order valence-electron chi connectivity index (χ0n) is 19.2. The summed E-state index contributed by atoms with van der Waals surface area (Å²) in [6.07, 6.45) is 0.859. The lowest BCUT2D eigenvalue weighted by atomic mass is 10.1. The highest BCUT2D eigenvalue weighted by atomic mass is 16.5. The van der Waals surface area contributed by atoms with Gasteiger partial charge in [-0.25, -0.2) is 0 Å². The van der Waals surface area contributed by atoms with Crippen LogP contribution in [-0.2, 0) is 13.5 Å². The first-order valence-electron chi connectivity index (χ1n) is 11.1. The van der Waals surface area contributed by atoms with Gasteiger partial charge in [0.1, 0.15) is 11.3 Å². The van der Waals surface area contributed by atoms with Gasteiger partial charge in [0.05, 0.1) is 12.8 Å². The Morgan fingerprint density at radius 1 is 1.03 bits per heavy atom. The zero-order chi connectivity index (χ0) is 23.8. The van der Waals surface area contributed by atoms with Crippen LogP contribution in [0.25, 0.3) is 27.5 Å². The van der Waals surface area contributed by atoms with Crippen molar-refractivity contribution in [2.24, 2.45) is 7.05 Å². The summed E-state index contributed by atoms with van der Waals surface area (Å²) in [6.45, 7) is 2.06. The number of hydrogen-bond acceptors (Lipinski definition) is 4. The summed E-state index contributed by atoms with van der Waals surface area (Å²) in [5.41, 5.74) is 3.49. The Morgan fingerprint density at radius 2 is 1.79 bits per heavy atom. The fourth-order valence-electron chi connectivity index (χ4n) is 4.30. The number of ether oxygens (including phenoxy) is 1. The van der Waals surface area contributed by atoms with E-state index in [-0.39, 0.29) is 17.2 Å². The van der Waals surface area contributed by atoms with E-state index in [0.717, 1.165) is 22.9 Å². The van der Waals surface area contributed by atoms with Crippen molar-refractivity contribution in [2.75, 3.05) is 12.4 Å². The van der Waals surface area contributed by atoms with Crippen molar-refractivity contribution in [3.8, 4) is 11.4 Å². The van der Waals surface area contributed by atoms with E-state index < -0.39 is 0 Å². The number of nitrogens with one attached hydrogen (secondary N) is 1. The molecule has 3 aromatic carbocycles. The highest BCUT2D eigenvalue weighted by Crippen LogP contribution is 2.29. The summed E-state index contributed by atoms with van der Waals surface area (Å²) in [5.74, 6) is 0.285. The van der Waals surface area contributed by atoms with Crippen LogP contribution in [0.4, 0.5) is 5.69 Å². The summed E-state index contributed by atoms with van der Waals surface area (Å²) in [5, 5.41) is 8.88. The monoisotopic (exact) mass is 452 g/mol. The molecule has 0 bridgehead atoms. The number of nitrogens with zero attached hydrogens (tertiary/aromatic N) is 3. The molecule has 0 aliphatic carbocycles. The summed E-state index contributed by atoms with van der Waals surface area (Å²) < 4.78 is 8.33. The second-order valence-corrected chi connectivity index (χ2v) is 8.07. The lowest BCUT2D eigenvalue weighted by Gasteiger charge is -2.11. The number of methoxy groups -OCH3 is 1. The van der Waals surface area contributed by atoms with Crippen LogP contribution in [0.5, 0.6) is 5.75 Å². The number of rotatable bonds is 5. The van der Waals surface area contributed by atoms with E-state index in [2.05, 4.69) is 17.3 Å². The van der Waals surface area contributed by atoms with Crippen LogP contribution >= 0.6 is 0 Å². The largest absolute Gasteiger partial charge is 0.497 e. The van der Waals surface area contributed by atoms with Gasteiger partial charge in [0.15, 0.2) is 5.69 Å². The predicted octanol–water partition coefficient (Wildman–Crippen LogP) is 4.70. The first-order chi connectivity index (χ1) is 16.5. The van der Waals surface area contributed by atoms with Crippen LogP contribution in [0.15, 0.2) is 77.6 Å². The van der Waals surface area contributed by atoms with E-state index in [1.807, 2.05) is 60.1 Å². The van der Waals surface area contributed by atoms with Crippen LogP contribution < -0.4 is 15.6 Å². The smallest absolute Gasteiger partial charge is 0.296 e. The van der Waals surface area contributed by atoms with Gasteiger partial charge in [-0.1, -0.05) is 37.3 Å². The Kier molecular flexibility index (Phi) is 5.37. The van der Waals surface area contributed by atoms with Gasteiger partial charge in [-0.05, 0) is 54.4 Å². The number of carbonyl (C=O) groups is 1. The highest BCUT2D eigenvalue weighted by Gasteiger charge is 2.23. The van der Waals surface area contributed by atoms with E-state index in [1.165, 1.54) is 4.68 Å². The van der Waals surface area contributed by atoms with E-state index in [9.17, 15) is 9.59 Å². The second-order valence-electron chi connectivity index (χ2n) is 8.07. The zero-order valence-corrected chi connectivity index (χ0v) is 19.2. The molecular formula is C27H24N4O3. The van der Waals surface area contributed by atoms with Crippen molar-refractivity contribution < 1.29 is 9.53 Å². The number of fused-ring (bicyclic) bond motifs is 3. The van der Waals surface area contributed by atoms with Gasteiger partial charge in [0.25, 0.3) is 11.5 Å². The molecule has 0 atom stereocenters. The lowest BCUT2D eigenvalue weighted by Crippen LogP contribution is -2.27. The van der Waals surface area contributed by atoms with Gasteiger partial charge in [0, 0.05) is 29.0 Å². The molecule has 5 aromatic rings. The standard InChI is InChI=1S/C27H24N4O3/c1-4-17-8-7-9-18(16-17)28-26(32)24-23-21-10-5-6-11-22(21)30(2)25(23)27(33)31(29-24)19-12-14-20(34-3)15-13-19/h5-16H,4H2,1-3H3,(H,28,32). The third kappa shape index (κ3) is 3.51. The van der Waals surface area contributed by atoms with Crippen molar-refractivity contribution in [1.29, 1.82) is 0 Å². The van der Waals surface area contributed by atoms with Crippen molar-refractivity contribution in [3.63, 3.8) is 0 Å². The van der Waals surface area contributed by atoms with E-state index >= 15 is 0 Å². The van der Waals surface area contributed by atoms with Gasteiger partial charge in [-0.3, -0.25) is 9.59 Å². The molecule has 0 aliphatic heterocycles. The predicted molar refractivity (Wildman–Crippen MR) is 134 cm³/mol. The summed E-state index contributed by atoms with van der Waals surface area (Å²) in [6, 6.07) is 22.3. The molecule has 7 heteroatoms. The topological polar surface area (TPSA) is 78.2 Å². The van der Waals surface area contributed by atoms with E-state index in [1.54, 1.807) is 31.4 Å². The number of benzene rings is 3. The molecule has 1 amide bonds. The third-order valence-electron chi connectivity index (χ3n) is 6.06. The number of anilines is 1. The summed E-state index contributed by atoms with van der Waals surface area (Å²) >= 11 is 0. The Bertz CT molecular complexity index is 1600. The van der Waals surface area contributed by atoms with Crippen molar-refractivity contribution in [2.45, 2.75) is 13.3 Å². The number of hydrogen-bond donors (Lipinski definition) is 1. The molecule has 0 radical (unpaired) electrons. The summed E-state index contributed by atoms with van der Waals surface area (Å²) in [7, 11) is 3.41. The van der Waals surface area contributed by atoms with Gasteiger partial charge >= 0.3 is 0 Å². The maximum absolute atomic E-state index is 13.6. The van der Waals surface area contributed by atoms with Crippen LogP contribution in [0.1, 0.15) is 23.0 Å². The van der Waals surface area contributed by atoms with E-state index in [0.29, 0.717) is 28.0 Å². The Labute approximate surface area is 196 Å². The molecule has 0 saturated carbocycles.